The molecule has 1 heterocycles. The van der Waals surface area contributed by atoms with Crippen LogP contribution < -0.4 is 4.74 Å². The van der Waals surface area contributed by atoms with Gasteiger partial charge in [0.25, 0.3) is 0 Å². The molecule has 1 unspecified atom stereocenters. The summed E-state index contributed by atoms with van der Waals surface area (Å²) in [6, 6.07) is 0.283. The van der Waals surface area contributed by atoms with Crippen LogP contribution in [0.3, 0.4) is 0 Å². The van der Waals surface area contributed by atoms with Crippen molar-refractivity contribution in [2.45, 2.75) is 51.7 Å². The topological polar surface area (TPSA) is 47.3 Å². The highest BCUT2D eigenvalue weighted by molar-refractivity contribution is 5.68. The molecular formula is C14H22N2O2. The van der Waals surface area contributed by atoms with Crippen LogP contribution in [-0.4, -0.2) is 28.1 Å². The SMILES string of the molecule is COc1cnn(C(C)C)c1C1=CC(O)CCCC1. The first kappa shape index (κ1) is 13.1. The number of hydrogen-bond acceptors (Lipinski definition) is 3. The number of rotatable bonds is 3. The summed E-state index contributed by atoms with van der Waals surface area (Å²) in [6.07, 6.45) is 7.38. The lowest BCUT2D eigenvalue weighted by atomic mass is 10.1. The van der Waals surface area contributed by atoms with Gasteiger partial charge in [-0.3, -0.25) is 4.68 Å². The van der Waals surface area contributed by atoms with Crippen LogP contribution in [0, 0.1) is 0 Å². The summed E-state index contributed by atoms with van der Waals surface area (Å²) < 4.78 is 7.37. The maximum atomic E-state index is 9.90. The van der Waals surface area contributed by atoms with E-state index < -0.39 is 0 Å². The zero-order chi connectivity index (χ0) is 13.1. The molecule has 0 fully saturated rings. The summed E-state index contributed by atoms with van der Waals surface area (Å²) in [6.45, 7) is 4.20. The van der Waals surface area contributed by atoms with E-state index in [1.165, 1.54) is 0 Å². The van der Waals surface area contributed by atoms with Crippen molar-refractivity contribution in [3.63, 3.8) is 0 Å². The molecule has 0 saturated heterocycles. The largest absolute Gasteiger partial charge is 0.493 e. The first-order valence-corrected chi connectivity index (χ1v) is 6.64. The number of aromatic nitrogens is 2. The molecule has 0 amide bonds. The third kappa shape index (κ3) is 2.58. The Labute approximate surface area is 108 Å². The van der Waals surface area contributed by atoms with Gasteiger partial charge in [-0.15, -0.1) is 0 Å². The van der Waals surface area contributed by atoms with Gasteiger partial charge < -0.3 is 9.84 Å². The standard InChI is InChI=1S/C14H22N2O2/c1-10(2)16-14(13(18-3)9-15-16)11-6-4-5-7-12(17)8-11/h8-10,12,17H,4-7H2,1-3H3. The van der Waals surface area contributed by atoms with Crippen molar-refractivity contribution in [2.75, 3.05) is 7.11 Å². The summed E-state index contributed by atoms with van der Waals surface area (Å²) in [7, 11) is 1.67. The van der Waals surface area contributed by atoms with Gasteiger partial charge in [-0.2, -0.15) is 5.10 Å². The summed E-state index contributed by atoms with van der Waals surface area (Å²) in [5.74, 6) is 0.795. The lowest BCUT2D eigenvalue weighted by Gasteiger charge is -2.14. The van der Waals surface area contributed by atoms with Crippen molar-refractivity contribution in [1.82, 2.24) is 9.78 Å². The van der Waals surface area contributed by atoms with Crippen molar-refractivity contribution >= 4 is 5.57 Å². The molecule has 0 radical (unpaired) electrons. The molecule has 100 valence electrons. The molecule has 1 N–H and O–H groups in total. The van der Waals surface area contributed by atoms with E-state index in [-0.39, 0.29) is 12.1 Å². The van der Waals surface area contributed by atoms with Crippen LogP contribution in [-0.2, 0) is 0 Å². The molecule has 1 aliphatic carbocycles. The minimum absolute atomic E-state index is 0.283. The molecule has 4 nitrogen and oxygen atoms in total. The van der Waals surface area contributed by atoms with Gasteiger partial charge in [0, 0.05) is 6.04 Å². The van der Waals surface area contributed by atoms with Crippen LogP contribution in [0.25, 0.3) is 5.57 Å². The van der Waals surface area contributed by atoms with Gasteiger partial charge in [0.05, 0.1) is 19.4 Å². The minimum Gasteiger partial charge on any atom is -0.493 e. The van der Waals surface area contributed by atoms with E-state index in [4.69, 9.17) is 4.74 Å². The first-order chi connectivity index (χ1) is 8.63. The lowest BCUT2D eigenvalue weighted by molar-refractivity contribution is 0.211. The fourth-order valence-corrected chi connectivity index (χ4v) is 2.46. The summed E-state index contributed by atoms with van der Waals surface area (Å²) in [5, 5.41) is 14.3. The summed E-state index contributed by atoms with van der Waals surface area (Å²) >= 11 is 0. The van der Waals surface area contributed by atoms with Gasteiger partial charge in [0.1, 0.15) is 5.69 Å². The Morgan fingerprint density at radius 3 is 2.89 bits per heavy atom. The van der Waals surface area contributed by atoms with E-state index in [9.17, 15) is 5.11 Å². The fourth-order valence-electron chi connectivity index (χ4n) is 2.46. The molecule has 1 aromatic heterocycles. The second-order valence-electron chi connectivity index (χ2n) is 5.10. The third-order valence-electron chi connectivity index (χ3n) is 3.36. The summed E-state index contributed by atoms with van der Waals surface area (Å²) in [4.78, 5) is 0. The highest BCUT2D eigenvalue weighted by Gasteiger charge is 2.20. The molecule has 2 rings (SSSR count). The maximum Gasteiger partial charge on any atom is 0.164 e. The van der Waals surface area contributed by atoms with Crippen molar-refractivity contribution in [2.24, 2.45) is 0 Å². The number of aliphatic hydroxyl groups excluding tert-OH is 1. The van der Waals surface area contributed by atoms with Crippen molar-refractivity contribution in [3.8, 4) is 5.75 Å². The number of nitrogens with zero attached hydrogens (tertiary/aromatic N) is 2. The van der Waals surface area contributed by atoms with E-state index >= 15 is 0 Å². The molecule has 0 aromatic carbocycles. The van der Waals surface area contributed by atoms with Crippen LogP contribution in [0.1, 0.15) is 51.3 Å². The number of aliphatic hydroxyl groups is 1. The lowest BCUT2D eigenvalue weighted by Crippen LogP contribution is -2.08. The summed E-state index contributed by atoms with van der Waals surface area (Å²) in [5.41, 5.74) is 2.18. The predicted molar refractivity (Wildman–Crippen MR) is 71.6 cm³/mol. The van der Waals surface area contributed by atoms with E-state index in [2.05, 4.69) is 18.9 Å². The molecular weight excluding hydrogens is 228 g/mol. The quantitative estimate of drug-likeness (QED) is 0.897. The molecule has 1 atom stereocenters. The number of allylic oxidation sites excluding steroid dienone is 1. The number of methoxy groups -OCH3 is 1. The third-order valence-corrected chi connectivity index (χ3v) is 3.36. The average molecular weight is 250 g/mol. The molecule has 0 spiro atoms. The van der Waals surface area contributed by atoms with Crippen molar-refractivity contribution < 1.29 is 9.84 Å². The Bertz CT molecular complexity index is 435. The monoisotopic (exact) mass is 250 g/mol. The Kier molecular flexibility index (Phi) is 4.07. The first-order valence-electron chi connectivity index (χ1n) is 6.64. The molecule has 1 aliphatic rings. The minimum atomic E-state index is -0.345. The number of hydrogen-bond donors (Lipinski definition) is 1. The Hall–Kier alpha value is -1.29. The van der Waals surface area contributed by atoms with Crippen LogP contribution in [0.2, 0.25) is 0 Å². The van der Waals surface area contributed by atoms with Gasteiger partial charge in [-0.25, -0.2) is 0 Å². The van der Waals surface area contributed by atoms with E-state index in [0.29, 0.717) is 0 Å². The van der Waals surface area contributed by atoms with Crippen molar-refractivity contribution in [3.05, 3.63) is 18.0 Å². The van der Waals surface area contributed by atoms with E-state index in [1.54, 1.807) is 13.3 Å². The van der Waals surface area contributed by atoms with Crippen molar-refractivity contribution in [1.29, 1.82) is 0 Å². The van der Waals surface area contributed by atoms with E-state index in [1.807, 2.05) is 10.8 Å². The molecule has 0 aliphatic heterocycles. The average Bonchev–Trinajstić information content (AvgIpc) is 2.66. The van der Waals surface area contributed by atoms with Crippen LogP contribution >= 0.6 is 0 Å². The second-order valence-corrected chi connectivity index (χ2v) is 5.10. The normalized spacial score (nSPS) is 20.7. The highest BCUT2D eigenvalue weighted by atomic mass is 16.5. The molecule has 1 aromatic rings. The van der Waals surface area contributed by atoms with Gasteiger partial charge >= 0.3 is 0 Å². The van der Waals surface area contributed by atoms with Crippen LogP contribution in [0.4, 0.5) is 0 Å². The van der Waals surface area contributed by atoms with Gasteiger partial charge in [-0.05, 0) is 38.7 Å². The molecule has 0 bridgehead atoms. The molecule has 4 heteroatoms. The zero-order valence-corrected chi connectivity index (χ0v) is 11.4. The van der Waals surface area contributed by atoms with Crippen LogP contribution in [0.15, 0.2) is 12.3 Å². The second kappa shape index (κ2) is 5.57. The smallest absolute Gasteiger partial charge is 0.164 e. The predicted octanol–water partition coefficient (Wildman–Crippen LogP) is 2.79. The fraction of sp³-hybridized carbons (Fsp3) is 0.643. The van der Waals surface area contributed by atoms with Gasteiger partial charge in [0.15, 0.2) is 5.75 Å². The Morgan fingerprint density at radius 2 is 2.22 bits per heavy atom. The van der Waals surface area contributed by atoms with E-state index in [0.717, 1.165) is 42.7 Å². The number of ether oxygens (including phenoxy) is 1. The van der Waals surface area contributed by atoms with Gasteiger partial charge in [-0.1, -0.05) is 12.5 Å². The Morgan fingerprint density at radius 1 is 1.44 bits per heavy atom. The molecule has 18 heavy (non-hydrogen) atoms. The highest BCUT2D eigenvalue weighted by Crippen LogP contribution is 2.33. The van der Waals surface area contributed by atoms with Crippen LogP contribution in [0.5, 0.6) is 5.75 Å². The maximum absolute atomic E-state index is 9.90. The zero-order valence-electron chi connectivity index (χ0n) is 11.4. The van der Waals surface area contributed by atoms with Gasteiger partial charge in [0.2, 0.25) is 0 Å². The molecule has 0 saturated carbocycles. The Balaban J connectivity index is 2.44.